The number of carbonyl (C=O) groups is 1. The molecule has 0 fully saturated rings. The summed E-state index contributed by atoms with van der Waals surface area (Å²) in [4.78, 5) is 16.5. The van der Waals surface area contributed by atoms with Crippen LogP contribution in [0.25, 0.3) is 27.0 Å². The second kappa shape index (κ2) is 11.2. The Morgan fingerprint density at radius 1 is 1.26 bits per heavy atom. The number of H-pyrrole nitrogens is 1. The number of nitrogens with one attached hydrogen (secondary N) is 3. The number of aromatic amines is 1. The summed E-state index contributed by atoms with van der Waals surface area (Å²) in [6.07, 6.45) is 0.626. The monoisotopic (exact) mass is 387 g/mol. The lowest BCUT2D eigenvalue weighted by Crippen LogP contribution is -2.02. The molecule has 0 radical (unpaired) electrons. The van der Waals surface area contributed by atoms with Crippen LogP contribution in [0.5, 0.6) is 0 Å². The van der Waals surface area contributed by atoms with E-state index in [2.05, 4.69) is 52.2 Å². The van der Waals surface area contributed by atoms with Gasteiger partial charge in [0.05, 0.1) is 0 Å². The molecule has 0 spiro atoms. The fraction of sp³-hybridized carbons (Fsp3) is 0.250. The number of aromatic nitrogens is 1. The zero-order valence-electron chi connectivity index (χ0n) is 16.3. The highest BCUT2D eigenvalue weighted by Crippen LogP contribution is 2.34. The Bertz CT molecular complexity index is 882. The van der Waals surface area contributed by atoms with Crippen LogP contribution < -0.4 is 22.1 Å². The van der Waals surface area contributed by atoms with Crippen LogP contribution in [0.15, 0.2) is 36.9 Å². The van der Waals surface area contributed by atoms with E-state index in [-0.39, 0.29) is 0 Å². The third-order valence-corrected chi connectivity index (χ3v) is 4.75. The number of benzene rings is 1. The quantitative estimate of drug-likeness (QED) is 0.415. The SMILES string of the molecule is C=C(N)c1c(NC=O)[nH]c2cc(-c3ccc(CNC)s3)ccc12.CC.CN. The Labute approximate surface area is 164 Å². The first-order valence-corrected chi connectivity index (χ1v) is 9.57. The number of hydrogen-bond donors (Lipinski definition) is 5. The second-order valence-corrected chi connectivity index (χ2v) is 6.39. The summed E-state index contributed by atoms with van der Waals surface area (Å²) in [5.74, 6) is 0.571. The van der Waals surface area contributed by atoms with Gasteiger partial charge in [-0.25, -0.2) is 0 Å². The molecule has 27 heavy (non-hydrogen) atoms. The van der Waals surface area contributed by atoms with Crippen molar-refractivity contribution in [1.82, 2.24) is 10.3 Å². The zero-order chi connectivity index (χ0) is 20.4. The van der Waals surface area contributed by atoms with Gasteiger partial charge in [-0.2, -0.15) is 0 Å². The zero-order valence-corrected chi connectivity index (χ0v) is 17.2. The van der Waals surface area contributed by atoms with Gasteiger partial charge in [-0.05, 0) is 37.9 Å². The average molecular weight is 388 g/mol. The minimum atomic E-state index is 0.417. The predicted octanol–water partition coefficient (Wildman–Crippen LogP) is 3.71. The number of nitrogens with two attached hydrogens (primary N) is 2. The van der Waals surface area contributed by atoms with E-state index in [0.717, 1.165) is 28.6 Å². The van der Waals surface area contributed by atoms with E-state index in [0.29, 0.717) is 17.9 Å². The summed E-state index contributed by atoms with van der Waals surface area (Å²) in [6.45, 7) is 8.65. The highest BCUT2D eigenvalue weighted by atomic mass is 32.1. The van der Waals surface area contributed by atoms with Crippen molar-refractivity contribution in [3.05, 3.63) is 47.4 Å². The van der Waals surface area contributed by atoms with Crippen molar-refractivity contribution in [2.24, 2.45) is 11.5 Å². The molecule has 146 valence electrons. The van der Waals surface area contributed by atoms with E-state index in [1.807, 2.05) is 27.0 Å². The molecule has 2 heterocycles. The molecule has 0 bridgehead atoms. The Morgan fingerprint density at radius 3 is 2.56 bits per heavy atom. The number of rotatable bonds is 6. The Balaban J connectivity index is 0.000000855. The van der Waals surface area contributed by atoms with Crippen molar-refractivity contribution < 1.29 is 4.79 Å². The average Bonchev–Trinajstić information content (AvgIpc) is 3.29. The van der Waals surface area contributed by atoms with Gasteiger partial charge in [-0.15, -0.1) is 11.3 Å². The molecule has 0 unspecified atom stereocenters. The van der Waals surface area contributed by atoms with E-state index in [1.165, 1.54) is 16.8 Å². The summed E-state index contributed by atoms with van der Waals surface area (Å²) in [5, 5.41) is 6.74. The number of hydrogen-bond acceptors (Lipinski definition) is 5. The van der Waals surface area contributed by atoms with Crippen LogP contribution in [0.2, 0.25) is 0 Å². The molecule has 0 saturated heterocycles. The summed E-state index contributed by atoms with van der Waals surface area (Å²) in [7, 11) is 3.44. The number of anilines is 1. The molecule has 3 aromatic rings. The summed E-state index contributed by atoms with van der Waals surface area (Å²) in [5.41, 5.74) is 13.6. The van der Waals surface area contributed by atoms with Crippen molar-refractivity contribution in [2.45, 2.75) is 20.4 Å². The fourth-order valence-electron chi connectivity index (χ4n) is 2.65. The Morgan fingerprint density at radius 2 is 1.96 bits per heavy atom. The van der Waals surface area contributed by atoms with Crippen LogP contribution in [0.4, 0.5) is 5.82 Å². The Kier molecular flexibility index (Phi) is 9.29. The van der Waals surface area contributed by atoms with Gasteiger partial charge in [0, 0.05) is 38.5 Å². The van der Waals surface area contributed by atoms with Crippen LogP contribution in [0, 0.1) is 0 Å². The van der Waals surface area contributed by atoms with Gasteiger partial charge in [-0.3, -0.25) is 4.79 Å². The third kappa shape index (κ3) is 5.19. The summed E-state index contributed by atoms with van der Waals surface area (Å²) >= 11 is 1.76. The van der Waals surface area contributed by atoms with E-state index in [9.17, 15) is 4.79 Å². The molecule has 6 nitrogen and oxygen atoms in total. The fourth-order valence-corrected chi connectivity index (χ4v) is 3.67. The van der Waals surface area contributed by atoms with Crippen LogP contribution >= 0.6 is 11.3 Å². The van der Waals surface area contributed by atoms with Gasteiger partial charge in [0.1, 0.15) is 5.82 Å². The van der Waals surface area contributed by atoms with Crippen molar-refractivity contribution in [3.63, 3.8) is 0 Å². The molecule has 2 aromatic heterocycles. The van der Waals surface area contributed by atoms with Crippen molar-refractivity contribution in [3.8, 4) is 10.4 Å². The molecule has 0 aliphatic heterocycles. The second-order valence-electron chi connectivity index (χ2n) is 5.22. The maximum absolute atomic E-state index is 10.8. The molecular formula is C20H29N5OS. The summed E-state index contributed by atoms with van der Waals surface area (Å²) in [6, 6.07) is 10.4. The van der Waals surface area contributed by atoms with E-state index in [1.54, 1.807) is 11.3 Å². The molecule has 1 amide bonds. The van der Waals surface area contributed by atoms with Crippen molar-refractivity contribution in [1.29, 1.82) is 0 Å². The minimum Gasteiger partial charge on any atom is -0.399 e. The first-order chi connectivity index (χ1) is 13.1. The number of fused-ring (bicyclic) bond motifs is 1. The van der Waals surface area contributed by atoms with Gasteiger partial charge < -0.3 is 27.1 Å². The molecule has 7 N–H and O–H groups in total. The third-order valence-electron chi connectivity index (χ3n) is 3.62. The topological polar surface area (TPSA) is 109 Å². The molecule has 1 aromatic carbocycles. The van der Waals surface area contributed by atoms with Gasteiger partial charge in [0.25, 0.3) is 0 Å². The lowest BCUT2D eigenvalue weighted by atomic mass is 10.1. The maximum atomic E-state index is 10.8. The number of carbonyl (C=O) groups excluding carboxylic acids is 1. The van der Waals surface area contributed by atoms with E-state index in [4.69, 9.17) is 5.73 Å². The standard InChI is InChI=1S/C17H18N4OS.C2H6.CH5N/c1-10(18)16-13-5-3-11(7-14(13)21-17(16)20-9-22)15-6-4-12(23-15)8-19-2;2*1-2/h3-7,9,19,21H,1,8,18H2,2H3,(H,20,22);1-2H3;2H2,1H3. The maximum Gasteiger partial charge on any atom is 0.212 e. The van der Waals surface area contributed by atoms with Crippen LogP contribution in [0.1, 0.15) is 24.3 Å². The van der Waals surface area contributed by atoms with E-state index < -0.39 is 0 Å². The van der Waals surface area contributed by atoms with Crippen LogP contribution in [-0.4, -0.2) is 25.5 Å². The number of amides is 1. The molecule has 0 atom stereocenters. The van der Waals surface area contributed by atoms with Crippen LogP contribution in [-0.2, 0) is 11.3 Å². The highest BCUT2D eigenvalue weighted by Gasteiger charge is 2.13. The first kappa shape index (κ1) is 22.4. The molecule has 0 aliphatic carbocycles. The Hall–Kier alpha value is -2.61. The number of thiophene rings is 1. The highest BCUT2D eigenvalue weighted by molar-refractivity contribution is 7.15. The van der Waals surface area contributed by atoms with E-state index >= 15 is 0 Å². The molecule has 7 heteroatoms. The molecular weight excluding hydrogens is 358 g/mol. The summed E-state index contributed by atoms with van der Waals surface area (Å²) < 4.78 is 0. The minimum absolute atomic E-state index is 0.417. The van der Waals surface area contributed by atoms with Gasteiger partial charge in [0.15, 0.2) is 0 Å². The smallest absolute Gasteiger partial charge is 0.212 e. The molecule has 0 aliphatic rings. The normalized spacial score (nSPS) is 9.67. The largest absolute Gasteiger partial charge is 0.399 e. The molecule has 0 saturated carbocycles. The first-order valence-electron chi connectivity index (χ1n) is 8.76. The van der Waals surface area contributed by atoms with Crippen molar-refractivity contribution >= 4 is 40.2 Å². The lowest BCUT2D eigenvalue weighted by Gasteiger charge is -2.02. The lowest BCUT2D eigenvalue weighted by molar-refractivity contribution is -0.105. The van der Waals surface area contributed by atoms with Crippen molar-refractivity contribution in [2.75, 3.05) is 19.4 Å². The van der Waals surface area contributed by atoms with Gasteiger partial charge in [0.2, 0.25) is 6.41 Å². The predicted molar refractivity (Wildman–Crippen MR) is 119 cm³/mol. The van der Waals surface area contributed by atoms with Gasteiger partial charge in [-0.1, -0.05) is 32.6 Å². The van der Waals surface area contributed by atoms with Crippen LogP contribution in [0.3, 0.4) is 0 Å². The molecule has 3 rings (SSSR count). The van der Waals surface area contributed by atoms with Gasteiger partial charge >= 0.3 is 0 Å².